The van der Waals surface area contributed by atoms with E-state index in [1.165, 1.54) is 76.9 Å². The summed E-state index contributed by atoms with van der Waals surface area (Å²) in [6, 6.07) is 0.636. The number of hydrogen-bond acceptors (Lipinski definition) is 4. The van der Waals surface area contributed by atoms with Gasteiger partial charge in [-0.25, -0.2) is 0 Å². The fourth-order valence-electron chi connectivity index (χ4n) is 5.96. The molecule has 2 heterocycles. The van der Waals surface area contributed by atoms with Crippen LogP contribution in [0.1, 0.15) is 90.4 Å². The summed E-state index contributed by atoms with van der Waals surface area (Å²) in [6.45, 7) is 3.09. The average molecular weight is 372 g/mol. The van der Waals surface area contributed by atoms with Gasteiger partial charge in [-0.15, -0.1) is 0 Å². The molecule has 0 bridgehead atoms. The smallest absolute Gasteiger partial charge is 0.264 e. The second-order valence-corrected chi connectivity index (χ2v) is 10.3. The summed E-state index contributed by atoms with van der Waals surface area (Å²) >= 11 is 0. The molecule has 4 nitrogen and oxygen atoms in total. The highest BCUT2D eigenvalue weighted by Gasteiger charge is 2.52. The van der Waals surface area contributed by atoms with E-state index < -0.39 is 10.1 Å². The van der Waals surface area contributed by atoms with E-state index in [0.29, 0.717) is 11.6 Å². The van der Waals surface area contributed by atoms with Gasteiger partial charge in [-0.05, 0) is 50.9 Å². The molecule has 0 radical (unpaired) electrons. The van der Waals surface area contributed by atoms with Crippen molar-refractivity contribution in [2.75, 3.05) is 12.8 Å². The molecule has 5 heteroatoms. The van der Waals surface area contributed by atoms with E-state index in [1.54, 1.807) is 0 Å². The first-order valence-electron chi connectivity index (χ1n) is 10.6. The van der Waals surface area contributed by atoms with Crippen LogP contribution < -0.4 is 0 Å². The van der Waals surface area contributed by atoms with Gasteiger partial charge in [0.15, 0.2) is 0 Å². The zero-order valence-electron chi connectivity index (χ0n) is 16.2. The van der Waals surface area contributed by atoms with Crippen LogP contribution in [0.25, 0.3) is 0 Å². The van der Waals surface area contributed by atoms with Gasteiger partial charge < -0.3 is 0 Å². The molecule has 0 N–H and O–H groups in total. The molecule has 2 aliphatic heterocycles. The number of piperidine rings is 2. The molecule has 1 spiro atoms. The molecule has 0 amide bonds. The van der Waals surface area contributed by atoms with E-state index in [1.807, 2.05) is 0 Å². The van der Waals surface area contributed by atoms with Crippen LogP contribution in [0.4, 0.5) is 0 Å². The zero-order valence-corrected chi connectivity index (χ0v) is 17.0. The largest absolute Gasteiger partial charge is 0.292 e. The minimum absolute atomic E-state index is 0.139. The minimum atomic E-state index is -3.36. The Morgan fingerprint density at radius 1 is 1.04 bits per heavy atom. The summed E-state index contributed by atoms with van der Waals surface area (Å²) < 4.78 is 28.7. The van der Waals surface area contributed by atoms with Gasteiger partial charge in [-0.2, -0.15) is 8.42 Å². The first kappa shape index (κ1) is 19.6. The summed E-state index contributed by atoms with van der Waals surface area (Å²) in [5.74, 6) is 0.826. The topological polar surface area (TPSA) is 46.6 Å². The first-order valence-corrected chi connectivity index (χ1v) is 12.4. The molecule has 0 aromatic rings. The Labute approximate surface area is 154 Å². The Bertz CT molecular complexity index is 535. The average Bonchev–Trinajstić information content (AvgIpc) is 2.57. The molecule has 0 unspecified atom stereocenters. The van der Waals surface area contributed by atoms with Gasteiger partial charge in [0.2, 0.25) is 0 Å². The maximum absolute atomic E-state index is 11.6. The van der Waals surface area contributed by atoms with Gasteiger partial charge >= 0.3 is 0 Å². The van der Waals surface area contributed by atoms with Crippen LogP contribution in [0.15, 0.2) is 0 Å². The highest BCUT2D eigenvalue weighted by atomic mass is 32.2. The Balaban J connectivity index is 1.72. The van der Waals surface area contributed by atoms with Crippen LogP contribution in [0.2, 0.25) is 0 Å². The third kappa shape index (κ3) is 4.59. The lowest BCUT2D eigenvalue weighted by Crippen LogP contribution is -2.66. The molecule has 1 saturated carbocycles. The molecule has 4 atom stereocenters. The minimum Gasteiger partial charge on any atom is -0.292 e. The summed E-state index contributed by atoms with van der Waals surface area (Å²) in [6.07, 6.45) is 17.7. The SMILES string of the molecule is CCCCCC[C@H]1CC[C@@H]2CCCC[C@]23CC[C@H](OS(C)(=O)=O)CN13. The molecule has 0 aromatic heterocycles. The molecule has 3 rings (SSSR count). The molecule has 146 valence electrons. The first-order chi connectivity index (χ1) is 11.9. The second kappa shape index (κ2) is 8.26. The lowest BCUT2D eigenvalue weighted by molar-refractivity contribution is -0.118. The van der Waals surface area contributed by atoms with Crippen molar-refractivity contribution in [2.45, 2.75) is 108 Å². The molecule has 3 aliphatic rings. The second-order valence-electron chi connectivity index (χ2n) is 8.74. The lowest BCUT2D eigenvalue weighted by Gasteiger charge is -2.61. The molecular weight excluding hydrogens is 334 g/mol. The molecule has 3 fully saturated rings. The number of unbranched alkanes of at least 4 members (excludes halogenated alkanes) is 3. The molecule has 1 aliphatic carbocycles. The van der Waals surface area contributed by atoms with Crippen molar-refractivity contribution in [3.63, 3.8) is 0 Å². The predicted octanol–water partition coefficient (Wildman–Crippen LogP) is 4.49. The molecule has 0 aromatic carbocycles. The number of nitrogens with zero attached hydrogens (tertiary/aromatic N) is 1. The standard InChI is InChI=1S/C20H37NO3S/c1-3-4-5-6-10-18-12-11-17-9-7-8-14-20(17)15-13-19(16-21(18)20)24-25(2,22)23/h17-19H,3-16H2,1-2H3/t17-,18-,19-,20-/m0/s1. The van der Waals surface area contributed by atoms with Crippen LogP contribution in [0, 0.1) is 5.92 Å². The van der Waals surface area contributed by atoms with Crippen molar-refractivity contribution in [1.82, 2.24) is 4.90 Å². The number of hydrogen-bond donors (Lipinski definition) is 0. The monoisotopic (exact) mass is 371 g/mol. The van der Waals surface area contributed by atoms with E-state index in [9.17, 15) is 8.42 Å². The highest BCUT2D eigenvalue weighted by Crippen LogP contribution is 2.51. The van der Waals surface area contributed by atoms with Gasteiger partial charge in [0.25, 0.3) is 10.1 Å². The van der Waals surface area contributed by atoms with Crippen molar-refractivity contribution < 1.29 is 12.6 Å². The van der Waals surface area contributed by atoms with Crippen LogP contribution >= 0.6 is 0 Å². The van der Waals surface area contributed by atoms with E-state index in [4.69, 9.17) is 4.18 Å². The van der Waals surface area contributed by atoms with Crippen molar-refractivity contribution in [3.8, 4) is 0 Å². The third-order valence-corrected chi connectivity index (χ3v) is 7.66. The van der Waals surface area contributed by atoms with E-state index >= 15 is 0 Å². The number of rotatable bonds is 7. The fourth-order valence-corrected chi connectivity index (χ4v) is 6.61. The predicted molar refractivity (Wildman–Crippen MR) is 102 cm³/mol. The molecule has 2 saturated heterocycles. The van der Waals surface area contributed by atoms with Crippen molar-refractivity contribution in [3.05, 3.63) is 0 Å². The van der Waals surface area contributed by atoms with Crippen LogP contribution in [0.5, 0.6) is 0 Å². The summed E-state index contributed by atoms with van der Waals surface area (Å²) in [5, 5.41) is 0. The Kier molecular flexibility index (Phi) is 6.49. The lowest BCUT2D eigenvalue weighted by atomic mass is 9.62. The third-order valence-electron chi connectivity index (χ3n) is 7.03. The van der Waals surface area contributed by atoms with E-state index in [2.05, 4.69) is 11.8 Å². The Hall–Kier alpha value is -0.130. The zero-order chi connectivity index (χ0) is 17.9. The highest BCUT2D eigenvalue weighted by molar-refractivity contribution is 7.86. The van der Waals surface area contributed by atoms with Crippen LogP contribution in [0.3, 0.4) is 0 Å². The van der Waals surface area contributed by atoms with Crippen LogP contribution in [-0.2, 0) is 14.3 Å². The molecule has 25 heavy (non-hydrogen) atoms. The van der Waals surface area contributed by atoms with Crippen molar-refractivity contribution >= 4 is 10.1 Å². The molecular formula is C20H37NO3S. The van der Waals surface area contributed by atoms with Crippen LogP contribution in [-0.4, -0.2) is 43.8 Å². The van der Waals surface area contributed by atoms with E-state index in [-0.39, 0.29) is 6.10 Å². The maximum Gasteiger partial charge on any atom is 0.264 e. The summed E-state index contributed by atoms with van der Waals surface area (Å²) in [4.78, 5) is 2.74. The Morgan fingerprint density at radius 3 is 2.64 bits per heavy atom. The fraction of sp³-hybridized carbons (Fsp3) is 1.00. The van der Waals surface area contributed by atoms with Crippen molar-refractivity contribution in [2.24, 2.45) is 5.92 Å². The summed E-state index contributed by atoms with van der Waals surface area (Å²) in [5.41, 5.74) is 0.350. The summed E-state index contributed by atoms with van der Waals surface area (Å²) in [7, 11) is -3.36. The van der Waals surface area contributed by atoms with Gasteiger partial charge in [0, 0.05) is 18.1 Å². The van der Waals surface area contributed by atoms with Crippen molar-refractivity contribution in [1.29, 1.82) is 0 Å². The Morgan fingerprint density at radius 2 is 1.88 bits per heavy atom. The van der Waals surface area contributed by atoms with Gasteiger partial charge in [0.1, 0.15) is 0 Å². The van der Waals surface area contributed by atoms with Gasteiger partial charge in [-0.3, -0.25) is 9.08 Å². The quantitative estimate of drug-likeness (QED) is 0.489. The van der Waals surface area contributed by atoms with Gasteiger partial charge in [0.05, 0.1) is 12.4 Å². The normalized spacial score (nSPS) is 36.6. The maximum atomic E-state index is 11.6. The van der Waals surface area contributed by atoms with E-state index in [0.717, 1.165) is 25.3 Å². The van der Waals surface area contributed by atoms with Gasteiger partial charge in [-0.1, -0.05) is 45.4 Å².